The van der Waals surface area contributed by atoms with Crippen molar-refractivity contribution in [2.75, 3.05) is 5.32 Å². The van der Waals surface area contributed by atoms with Gasteiger partial charge in [0.05, 0.1) is 0 Å². The molecule has 1 aromatic carbocycles. The number of hydrogen-bond donors (Lipinski definition) is 2. The van der Waals surface area contributed by atoms with Crippen molar-refractivity contribution >= 4 is 17.5 Å². The SMILES string of the molecule is Cc1ccccc1-c1nc2[nH]c(=O)cc(NC(=O)c3ccncc3)n2n1. The van der Waals surface area contributed by atoms with Gasteiger partial charge in [-0.2, -0.15) is 9.50 Å². The van der Waals surface area contributed by atoms with Crippen molar-refractivity contribution in [1.29, 1.82) is 0 Å². The second kappa shape index (κ2) is 6.25. The van der Waals surface area contributed by atoms with Gasteiger partial charge in [-0.05, 0) is 24.6 Å². The molecule has 4 rings (SSSR count). The number of nitrogens with zero attached hydrogens (tertiary/aromatic N) is 4. The fourth-order valence-electron chi connectivity index (χ4n) is 2.61. The van der Waals surface area contributed by atoms with Gasteiger partial charge in [0.15, 0.2) is 5.82 Å². The van der Waals surface area contributed by atoms with Crippen LogP contribution in [0, 0.1) is 6.92 Å². The standard InChI is InChI=1S/C18H14N6O2/c1-11-4-2-3-5-13(11)16-22-18-21-15(25)10-14(24(18)23-16)20-17(26)12-6-8-19-9-7-12/h2-10H,1H3,(H,20,26)(H,21,22,23,25). The predicted molar refractivity (Wildman–Crippen MR) is 96.0 cm³/mol. The molecule has 26 heavy (non-hydrogen) atoms. The number of aromatic amines is 1. The van der Waals surface area contributed by atoms with Gasteiger partial charge in [-0.25, -0.2) is 0 Å². The highest BCUT2D eigenvalue weighted by Crippen LogP contribution is 2.20. The number of anilines is 1. The number of fused-ring (bicyclic) bond motifs is 1. The lowest BCUT2D eigenvalue weighted by molar-refractivity contribution is 0.102. The highest BCUT2D eigenvalue weighted by Gasteiger charge is 2.14. The van der Waals surface area contributed by atoms with Crippen molar-refractivity contribution < 1.29 is 4.79 Å². The Kier molecular flexibility index (Phi) is 3.77. The lowest BCUT2D eigenvalue weighted by Gasteiger charge is -2.06. The van der Waals surface area contributed by atoms with Crippen LogP contribution in [-0.4, -0.2) is 30.5 Å². The number of nitrogens with one attached hydrogen (secondary N) is 2. The third-order valence-corrected chi connectivity index (χ3v) is 3.91. The Bertz CT molecular complexity index is 1160. The third-order valence-electron chi connectivity index (χ3n) is 3.91. The zero-order chi connectivity index (χ0) is 18.1. The molecule has 8 heteroatoms. The van der Waals surface area contributed by atoms with E-state index >= 15 is 0 Å². The van der Waals surface area contributed by atoms with Gasteiger partial charge in [0.25, 0.3) is 11.5 Å². The van der Waals surface area contributed by atoms with E-state index in [0.29, 0.717) is 11.4 Å². The highest BCUT2D eigenvalue weighted by atomic mass is 16.2. The topological polar surface area (TPSA) is 105 Å². The van der Waals surface area contributed by atoms with Crippen LogP contribution in [0.5, 0.6) is 0 Å². The summed E-state index contributed by atoms with van der Waals surface area (Å²) in [5, 5.41) is 7.14. The molecule has 0 spiro atoms. The molecular formula is C18H14N6O2. The van der Waals surface area contributed by atoms with Crippen LogP contribution < -0.4 is 10.9 Å². The summed E-state index contributed by atoms with van der Waals surface area (Å²) in [5.74, 6) is 0.579. The Hall–Kier alpha value is -3.81. The molecule has 0 saturated carbocycles. The first kappa shape index (κ1) is 15.7. The summed E-state index contributed by atoms with van der Waals surface area (Å²) in [5.41, 5.74) is 1.90. The highest BCUT2D eigenvalue weighted by molar-refractivity contribution is 6.03. The normalized spacial score (nSPS) is 10.8. The Morgan fingerprint density at radius 3 is 2.69 bits per heavy atom. The van der Waals surface area contributed by atoms with E-state index in [0.717, 1.165) is 11.1 Å². The third kappa shape index (κ3) is 2.84. The van der Waals surface area contributed by atoms with E-state index < -0.39 is 0 Å². The lowest BCUT2D eigenvalue weighted by atomic mass is 10.1. The fraction of sp³-hybridized carbons (Fsp3) is 0.0556. The molecule has 0 aliphatic rings. The van der Waals surface area contributed by atoms with Gasteiger partial charge in [0.1, 0.15) is 5.82 Å². The van der Waals surface area contributed by atoms with Crippen LogP contribution in [-0.2, 0) is 0 Å². The fourth-order valence-corrected chi connectivity index (χ4v) is 2.61. The van der Waals surface area contributed by atoms with E-state index in [1.807, 2.05) is 31.2 Å². The van der Waals surface area contributed by atoms with Gasteiger partial charge >= 0.3 is 0 Å². The predicted octanol–water partition coefficient (Wildman–Crippen LogP) is 2.04. The summed E-state index contributed by atoms with van der Waals surface area (Å²) in [6, 6.07) is 12.1. The molecule has 3 aromatic heterocycles. The monoisotopic (exact) mass is 346 g/mol. The number of hydrogen-bond acceptors (Lipinski definition) is 5. The second-order valence-corrected chi connectivity index (χ2v) is 5.69. The molecule has 0 atom stereocenters. The van der Waals surface area contributed by atoms with Crippen LogP contribution >= 0.6 is 0 Å². The van der Waals surface area contributed by atoms with E-state index in [9.17, 15) is 9.59 Å². The molecule has 0 fully saturated rings. The minimum absolute atomic E-state index is 0.234. The van der Waals surface area contributed by atoms with E-state index in [2.05, 4.69) is 25.4 Å². The van der Waals surface area contributed by atoms with Crippen molar-refractivity contribution in [2.45, 2.75) is 6.92 Å². The molecule has 128 valence electrons. The maximum absolute atomic E-state index is 12.4. The van der Waals surface area contributed by atoms with Crippen molar-refractivity contribution in [3.05, 3.63) is 76.3 Å². The van der Waals surface area contributed by atoms with Gasteiger partial charge in [-0.15, -0.1) is 5.10 Å². The Labute approximate surface area is 147 Å². The lowest BCUT2D eigenvalue weighted by Crippen LogP contribution is -2.18. The van der Waals surface area contributed by atoms with Crippen molar-refractivity contribution in [3.8, 4) is 11.4 Å². The number of benzene rings is 1. The molecule has 0 aliphatic carbocycles. The molecule has 0 aliphatic heterocycles. The Morgan fingerprint density at radius 2 is 1.92 bits per heavy atom. The Morgan fingerprint density at radius 1 is 1.15 bits per heavy atom. The molecule has 0 unspecified atom stereocenters. The molecule has 0 bridgehead atoms. The number of carbonyl (C=O) groups is 1. The van der Waals surface area contributed by atoms with Crippen molar-refractivity contribution in [2.24, 2.45) is 0 Å². The average molecular weight is 346 g/mol. The minimum Gasteiger partial charge on any atom is -0.306 e. The molecule has 2 N–H and O–H groups in total. The number of rotatable bonds is 3. The molecule has 0 radical (unpaired) electrons. The number of pyridine rings is 1. The molecule has 4 aromatic rings. The zero-order valence-corrected chi connectivity index (χ0v) is 13.8. The second-order valence-electron chi connectivity index (χ2n) is 5.69. The average Bonchev–Trinajstić information content (AvgIpc) is 3.06. The summed E-state index contributed by atoms with van der Waals surface area (Å²) < 4.78 is 1.41. The molecular weight excluding hydrogens is 332 g/mol. The first-order valence-corrected chi connectivity index (χ1v) is 7.89. The summed E-state index contributed by atoms with van der Waals surface area (Å²) >= 11 is 0. The first-order valence-electron chi connectivity index (χ1n) is 7.89. The van der Waals surface area contributed by atoms with Gasteiger partial charge in [-0.1, -0.05) is 24.3 Å². The summed E-state index contributed by atoms with van der Waals surface area (Å²) in [4.78, 5) is 35.2. The number of aryl methyl sites for hydroxylation is 1. The van der Waals surface area contributed by atoms with Crippen molar-refractivity contribution in [3.63, 3.8) is 0 Å². The van der Waals surface area contributed by atoms with Gasteiger partial charge in [-0.3, -0.25) is 19.6 Å². The van der Waals surface area contributed by atoms with Gasteiger partial charge < -0.3 is 5.32 Å². The van der Waals surface area contributed by atoms with E-state index in [1.165, 1.54) is 23.0 Å². The largest absolute Gasteiger partial charge is 0.306 e. The van der Waals surface area contributed by atoms with Crippen LogP contribution in [0.1, 0.15) is 15.9 Å². The molecule has 0 saturated heterocycles. The van der Waals surface area contributed by atoms with Crippen LogP contribution in [0.3, 0.4) is 0 Å². The first-order chi connectivity index (χ1) is 12.6. The maximum atomic E-state index is 12.4. The van der Waals surface area contributed by atoms with Crippen LogP contribution in [0.4, 0.5) is 5.82 Å². The summed E-state index contributed by atoms with van der Waals surface area (Å²) in [7, 11) is 0. The minimum atomic E-state index is -0.383. The number of carbonyl (C=O) groups excluding carboxylic acids is 1. The van der Waals surface area contributed by atoms with E-state index in [-0.39, 0.29) is 23.1 Å². The molecule has 8 nitrogen and oxygen atoms in total. The van der Waals surface area contributed by atoms with Crippen LogP contribution in [0.2, 0.25) is 0 Å². The molecule has 3 heterocycles. The Balaban J connectivity index is 1.79. The van der Waals surface area contributed by atoms with E-state index in [1.54, 1.807) is 12.1 Å². The van der Waals surface area contributed by atoms with Crippen LogP contribution in [0.25, 0.3) is 17.2 Å². The number of H-pyrrole nitrogens is 1. The smallest absolute Gasteiger partial charge is 0.256 e. The van der Waals surface area contributed by atoms with E-state index in [4.69, 9.17) is 0 Å². The van der Waals surface area contributed by atoms with Crippen LogP contribution in [0.15, 0.2) is 59.7 Å². The quantitative estimate of drug-likeness (QED) is 0.590. The zero-order valence-electron chi connectivity index (χ0n) is 13.8. The maximum Gasteiger partial charge on any atom is 0.256 e. The van der Waals surface area contributed by atoms with Crippen molar-refractivity contribution in [1.82, 2.24) is 24.6 Å². The number of aromatic nitrogens is 5. The summed E-state index contributed by atoms with van der Waals surface area (Å²) in [6.45, 7) is 1.95. The van der Waals surface area contributed by atoms with Gasteiger partial charge in [0, 0.05) is 29.6 Å². The molecule has 1 amide bonds. The van der Waals surface area contributed by atoms with Gasteiger partial charge in [0.2, 0.25) is 5.78 Å². The number of amides is 1. The summed E-state index contributed by atoms with van der Waals surface area (Å²) in [6.07, 6.45) is 3.04.